The summed E-state index contributed by atoms with van der Waals surface area (Å²) in [6, 6.07) is 9.79. The Labute approximate surface area is 131 Å². The van der Waals surface area contributed by atoms with Gasteiger partial charge in [0.15, 0.2) is 0 Å². The lowest BCUT2D eigenvalue weighted by Gasteiger charge is -2.28. The monoisotopic (exact) mass is 304 g/mol. The molecule has 0 amide bonds. The molecule has 2 rings (SSSR count). The molecule has 4 heteroatoms. The van der Waals surface area contributed by atoms with E-state index in [2.05, 4.69) is 0 Å². The summed E-state index contributed by atoms with van der Waals surface area (Å²) in [5.41, 5.74) is 1.09. The van der Waals surface area contributed by atoms with E-state index in [1.807, 2.05) is 30.3 Å². The van der Waals surface area contributed by atoms with E-state index in [0.717, 1.165) is 31.2 Å². The van der Waals surface area contributed by atoms with Crippen molar-refractivity contribution in [3.05, 3.63) is 35.9 Å². The van der Waals surface area contributed by atoms with Crippen LogP contribution in [0.25, 0.3) is 0 Å². The van der Waals surface area contributed by atoms with Crippen LogP contribution in [0.15, 0.2) is 30.3 Å². The van der Waals surface area contributed by atoms with Crippen LogP contribution < -0.4 is 0 Å². The lowest BCUT2D eigenvalue weighted by atomic mass is 9.85. The highest BCUT2D eigenvalue weighted by Gasteiger charge is 2.33. The smallest absolute Gasteiger partial charge is 0.347 e. The number of benzene rings is 1. The number of aryl methyl sites for hydroxylation is 1. The van der Waals surface area contributed by atoms with Gasteiger partial charge in [-0.1, -0.05) is 49.6 Å². The van der Waals surface area contributed by atoms with Gasteiger partial charge in [-0.2, -0.15) is 0 Å². The molecule has 1 atom stereocenters. The first-order chi connectivity index (χ1) is 10.7. The summed E-state index contributed by atoms with van der Waals surface area (Å²) in [5.74, 6) is -0.660. The van der Waals surface area contributed by atoms with Gasteiger partial charge in [0.2, 0.25) is 6.10 Å². The van der Waals surface area contributed by atoms with Gasteiger partial charge in [-0.3, -0.25) is 4.79 Å². The van der Waals surface area contributed by atoms with Gasteiger partial charge in [-0.15, -0.1) is 0 Å². The zero-order valence-corrected chi connectivity index (χ0v) is 13.1. The predicted octanol–water partition coefficient (Wildman–Crippen LogP) is 3.28. The molecule has 0 spiro atoms. The quantitative estimate of drug-likeness (QED) is 0.757. The van der Waals surface area contributed by atoms with E-state index in [9.17, 15) is 9.59 Å². The number of carbonyl (C=O) groups is 2. The highest BCUT2D eigenvalue weighted by atomic mass is 16.6. The molecule has 1 aliphatic rings. The van der Waals surface area contributed by atoms with E-state index in [-0.39, 0.29) is 18.3 Å². The lowest BCUT2D eigenvalue weighted by molar-refractivity contribution is -0.171. The molecule has 0 aliphatic heterocycles. The fraction of sp³-hybridized carbons (Fsp3) is 0.556. The van der Waals surface area contributed by atoms with Crippen LogP contribution >= 0.6 is 0 Å². The van der Waals surface area contributed by atoms with E-state index >= 15 is 0 Å². The number of hydrogen-bond donors (Lipinski definition) is 0. The maximum absolute atomic E-state index is 12.1. The van der Waals surface area contributed by atoms with Crippen molar-refractivity contribution in [3.63, 3.8) is 0 Å². The molecule has 1 aromatic carbocycles. The third kappa shape index (κ3) is 4.86. The van der Waals surface area contributed by atoms with Crippen LogP contribution in [0.4, 0.5) is 0 Å². The summed E-state index contributed by atoms with van der Waals surface area (Å²) in [4.78, 5) is 24.0. The summed E-state index contributed by atoms with van der Waals surface area (Å²) in [7, 11) is 1.34. The SMILES string of the molecule is COC(=O)[C@H](OC(=O)CCc1ccccc1)C1CCCCC1. The second kappa shape index (κ2) is 8.57. The molecule has 0 aromatic heterocycles. The van der Waals surface area contributed by atoms with E-state index in [1.165, 1.54) is 13.5 Å². The van der Waals surface area contributed by atoms with Crippen LogP contribution in [-0.4, -0.2) is 25.2 Å². The summed E-state index contributed by atoms with van der Waals surface area (Å²) in [5, 5.41) is 0. The van der Waals surface area contributed by atoms with Crippen molar-refractivity contribution >= 4 is 11.9 Å². The van der Waals surface area contributed by atoms with Crippen molar-refractivity contribution in [1.82, 2.24) is 0 Å². The summed E-state index contributed by atoms with van der Waals surface area (Å²) in [6.07, 6.45) is 5.36. The number of rotatable bonds is 6. The Kier molecular flexibility index (Phi) is 6.44. The van der Waals surface area contributed by atoms with Crippen LogP contribution in [0, 0.1) is 5.92 Å². The van der Waals surface area contributed by atoms with Gasteiger partial charge >= 0.3 is 11.9 Å². The van der Waals surface area contributed by atoms with Crippen molar-refractivity contribution in [2.75, 3.05) is 7.11 Å². The number of methoxy groups -OCH3 is 1. The first-order valence-electron chi connectivity index (χ1n) is 8.02. The molecule has 0 bridgehead atoms. The Morgan fingerprint density at radius 2 is 1.82 bits per heavy atom. The number of carbonyl (C=O) groups excluding carboxylic acids is 2. The minimum atomic E-state index is -0.742. The molecule has 1 saturated carbocycles. The van der Waals surface area contributed by atoms with E-state index in [4.69, 9.17) is 9.47 Å². The van der Waals surface area contributed by atoms with Crippen LogP contribution in [0.2, 0.25) is 0 Å². The third-order valence-corrected chi connectivity index (χ3v) is 4.23. The van der Waals surface area contributed by atoms with E-state index < -0.39 is 12.1 Å². The number of esters is 2. The summed E-state index contributed by atoms with van der Waals surface area (Å²) in [6.45, 7) is 0. The average molecular weight is 304 g/mol. The zero-order valence-electron chi connectivity index (χ0n) is 13.1. The number of ether oxygens (including phenoxy) is 2. The van der Waals surface area contributed by atoms with Gasteiger partial charge in [0.1, 0.15) is 0 Å². The molecule has 0 N–H and O–H groups in total. The van der Waals surface area contributed by atoms with Gasteiger partial charge in [-0.25, -0.2) is 4.79 Å². The number of hydrogen-bond acceptors (Lipinski definition) is 4. The van der Waals surface area contributed by atoms with Crippen molar-refractivity contribution < 1.29 is 19.1 Å². The zero-order chi connectivity index (χ0) is 15.8. The molecular formula is C18H24O4. The van der Waals surface area contributed by atoms with Crippen molar-refractivity contribution in [3.8, 4) is 0 Å². The molecule has 22 heavy (non-hydrogen) atoms. The Balaban J connectivity index is 1.88. The molecule has 1 aliphatic carbocycles. The molecular weight excluding hydrogens is 280 g/mol. The topological polar surface area (TPSA) is 52.6 Å². The standard InChI is InChI=1S/C18H24O4/c1-21-18(20)17(15-10-6-3-7-11-15)22-16(19)13-12-14-8-4-2-5-9-14/h2,4-5,8-9,15,17H,3,6-7,10-13H2,1H3/t17-/m1/s1. The first kappa shape index (κ1) is 16.5. The maximum Gasteiger partial charge on any atom is 0.347 e. The van der Waals surface area contributed by atoms with Crippen LogP contribution in [0.5, 0.6) is 0 Å². The van der Waals surface area contributed by atoms with Gasteiger partial charge in [0, 0.05) is 12.3 Å². The van der Waals surface area contributed by atoms with Crippen LogP contribution in [0.3, 0.4) is 0 Å². The predicted molar refractivity (Wildman–Crippen MR) is 83.2 cm³/mol. The summed E-state index contributed by atoms with van der Waals surface area (Å²) >= 11 is 0. The Bertz CT molecular complexity index is 477. The third-order valence-electron chi connectivity index (χ3n) is 4.23. The maximum atomic E-state index is 12.1. The minimum absolute atomic E-state index is 0.0990. The molecule has 1 fully saturated rings. The Morgan fingerprint density at radius 1 is 1.14 bits per heavy atom. The fourth-order valence-electron chi connectivity index (χ4n) is 2.98. The second-order valence-corrected chi connectivity index (χ2v) is 5.82. The van der Waals surface area contributed by atoms with Crippen molar-refractivity contribution in [1.29, 1.82) is 0 Å². The van der Waals surface area contributed by atoms with Gasteiger partial charge in [0.05, 0.1) is 7.11 Å². The van der Waals surface area contributed by atoms with Crippen molar-refractivity contribution in [2.45, 2.75) is 51.0 Å². The first-order valence-corrected chi connectivity index (χ1v) is 8.02. The molecule has 4 nitrogen and oxygen atoms in total. The van der Waals surface area contributed by atoms with Crippen molar-refractivity contribution in [2.24, 2.45) is 5.92 Å². The Morgan fingerprint density at radius 3 is 2.45 bits per heavy atom. The van der Waals surface area contributed by atoms with E-state index in [1.54, 1.807) is 0 Å². The normalized spacial score (nSPS) is 16.8. The Hall–Kier alpha value is -1.84. The molecule has 0 heterocycles. The summed E-state index contributed by atoms with van der Waals surface area (Å²) < 4.78 is 10.3. The molecule has 0 radical (unpaired) electrons. The molecule has 120 valence electrons. The highest BCUT2D eigenvalue weighted by Crippen LogP contribution is 2.29. The second-order valence-electron chi connectivity index (χ2n) is 5.82. The molecule has 0 unspecified atom stereocenters. The van der Waals surface area contributed by atoms with Crippen LogP contribution in [-0.2, 0) is 25.5 Å². The average Bonchev–Trinajstić information content (AvgIpc) is 2.59. The minimum Gasteiger partial charge on any atom is -0.466 e. The molecule has 1 aromatic rings. The fourth-order valence-corrected chi connectivity index (χ4v) is 2.98. The van der Waals surface area contributed by atoms with Gasteiger partial charge in [0.25, 0.3) is 0 Å². The van der Waals surface area contributed by atoms with Gasteiger partial charge < -0.3 is 9.47 Å². The van der Waals surface area contributed by atoms with E-state index in [0.29, 0.717) is 6.42 Å². The highest BCUT2D eigenvalue weighted by molar-refractivity contribution is 5.79. The molecule has 0 saturated heterocycles. The lowest BCUT2D eigenvalue weighted by Crippen LogP contribution is -2.36. The van der Waals surface area contributed by atoms with Gasteiger partial charge in [-0.05, 0) is 24.8 Å². The largest absolute Gasteiger partial charge is 0.466 e. The van der Waals surface area contributed by atoms with Crippen LogP contribution in [0.1, 0.15) is 44.1 Å².